The molecule has 1 nitrogen and oxygen atoms in total. The van der Waals surface area contributed by atoms with E-state index in [1.807, 2.05) is 6.92 Å². The van der Waals surface area contributed by atoms with Crippen LogP contribution >= 0.6 is 0 Å². The quantitative estimate of drug-likeness (QED) is 0.293. The zero-order chi connectivity index (χ0) is 21.2. The molecule has 0 aliphatic rings. The van der Waals surface area contributed by atoms with E-state index in [1.165, 1.54) is 6.07 Å². The number of hydrogen-bond acceptors (Lipinski definition) is 1. The van der Waals surface area contributed by atoms with Crippen LogP contribution in [0.15, 0.2) is 42.5 Å². The van der Waals surface area contributed by atoms with E-state index in [0.29, 0.717) is 12.8 Å². The summed E-state index contributed by atoms with van der Waals surface area (Å²) in [5.41, 5.74) is -1.21. The molecular weight excluding hydrogens is 394 g/mol. The van der Waals surface area contributed by atoms with Crippen LogP contribution in [0.5, 0.6) is 5.75 Å². The first-order valence-corrected chi connectivity index (χ1v) is 9.15. The van der Waals surface area contributed by atoms with Gasteiger partial charge in [0, 0.05) is 0 Å². The largest absolute Gasteiger partial charge is 0.432 e. The van der Waals surface area contributed by atoms with E-state index in [1.54, 1.807) is 0 Å². The summed E-state index contributed by atoms with van der Waals surface area (Å²) < 4.78 is 88.7. The van der Waals surface area contributed by atoms with E-state index >= 15 is 0 Å². The SMILES string of the molecule is CCCCCc1cc(F)c(C(F)(F)Oc2ccc3cc(F)c(F)cc3c2)c(F)c1. The standard InChI is InChI=1S/C22H18F6O/c1-2-3-4-5-13-8-19(25)21(20(26)9-13)22(27,28)29-16-7-6-14-11-17(23)18(24)12-15(14)10-16/h6-12H,2-5H2,1H3. The lowest BCUT2D eigenvalue weighted by molar-refractivity contribution is -0.189. The Morgan fingerprint density at radius 2 is 1.38 bits per heavy atom. The summed E-state index contributed by atoms with van der Waals surface area (Å²) >= 11 is 0. The van der Waals surface area contributed by atoms with Crippen molar-refractivity contribution in [3.8, 4) is 5.75 Å². The maximum atomic E-state index is 14.5. The second-order valence-electron chi connectivity index (χ2n) is 6.79. The monoisotopic (exact) mass is 412 g/mol. The first kappa shape index (κ1) is 21.0. The van der Waals surface area contributed by atoms with Crippen LogP contribution in [0.1, 0.15) is 37.3 Å². The minimum atomic E-state index is -4.30. The van der Waals surface area contributed by atoms with Gasteiger partial charge in [-0.2, -0.15) is 8.78 Å². The first-order chi connectivity index (χ1) is 13.7. The van der Waals surface area contributed by atoms with Gasteiger partial charge in [-0.25, -0.2) is 17.6 Å². The fourth-order valence-corrected chi connectivity index (χ4v) is 3.11. The van der Waals surface area contributed by atoms with Crippen LogP contribution in [0, 0.1) is 23.3 Å². The molecule has 0 spiro atoms. The zero-order valence-corrected chi connectivity index (χ0v) is 15.5. The van der Waals surface area contributed by atoms with Gasteiger partial charge >= 0.3 is 6.11 Å². The van der Waals surface area contributed by atoms with Crippen molar-refractivity contribution in [2.45, 2.75) is 38.7 Å². The van der Waals surface area contributed by atoms with Gasteiger partial charge in [-0.3, -0.25) is 0 Å². The van der Waals surface area contributed by atoms with Crippen LogP contribution in [0.25, 0.3) is 10.8 Å². The molecule has 0 fully saturated rings. The molecule has 3 rings (SSSR count). The third-order valence-electron chi connectivity index (χ3n) is 4.56. The van der Waals surface area contributed by atoms with Gasteiger partial charge in [0.15, 0.2) is 11.6 Å². The molecule has 3 aromatic rings. The Morgan fingerprint density at radius 1 is 0.759 bits per heavy atom. The molecule has 0 aromatic heterocycles. The van der Waals surface area contributed by atoms with Gasteiger partial charge in [-0.1, -0.05) is 25.8 Å². The lowest BCUT2D eigenvalue weighted by Crippen LogP contribution is -2.25. The van der Waals surface area contributed by atoms with Gasteiger partial charge in [-0.05, 0) is 65.6 Å². The van der Waals surface area contributed by atoms with E-state index in [0.717, 1.165) is 49.2 Å². The van der Waals surface area contributed by atoms with Gasteiger partial charge in [0.05, 0.1) is 0 Å². The molecule has 7 heteroatoms. The number of alkyl halides is 2. The highest BCUT2D eigenvalue weighted by molar-refractivity contribution is 5.84. The normalized spacial score (nSPS) is 11.8. The number of ether oxygens (including phenoxy) is 1. The minimum absolute atomic E-state index is 0.101. The van der Waals surface area contributed by atoms with Crippen LogP contribution in [-0.4, -0.2) is 0 Å². The molecule has 0 N–H and O–H groups in total. The Labute approximate surface area is 163 Å². The van der Waals surface area contributed by atoms with Gasteiger partial charge in [0.2, 0.25) is 0 Å². The summed E-state index contributed by atoms with van der Waals surface area (Å²) in [6.07, 6.45) is -1.46. The van der Waals surface area contributed by atoms with Crippen LogP contribution < -0.4 is 4.74 Å². The van der Waals surface area contributed by atoms with Crippen LogP contribution in [0.3, 0.4) is 0 Å². The van der Waals surface area contributed by atoms with Gasteiger partial charge in [0.1, 0.15) is 22.9 Å². The molecule has 3 aromatic carbocycles. The number of benzene rings is 3. The second-order valence-corrected chi connectivity index (χ2v) is 6.79. The third kappa shape index (κ3) is 4.66. The van der Waals surface area contributed by atoms with Crippen molar-refractivity contribution in [3.05, 3.63) is 76.9 Å². The average Bonchev–Trinajstić information content (AvgIpc) is 2.62. The minimum Gasteiger partial charge on any atom is -0.429 e. The summed E-state index contributed by atoms with van der Waals surface area (Å²) in [7, 11) is 0. The molecule has 0 aliphatic heterocycles. The number of aryl methyl sites for hydroxylation is 1. The van der Waals surface area contributed by atoms with Gasteiger partial charge in [-0.15, -0.1) is 0 Å². The Morgan fingerprint density at radius 3 is 2.00 bits per heavy atom. The molecule has 0 saturated heterocycles. The molecule has 29 heavy (non-hydrogen) atoms. The number of halogens is 6. The lowest BCUT2D eigenvalue weighted by Gasteiger charge is -2.20. The Kier molecular flexibility index (Phi) is 6.05. The predicted molar refractivity (Wildman–Crippen MR) is 98.0 cm³/mol. The molecule has 0 saturated carbocycles. The average molecular weight is 412 g/mol. The number of fused-ring (bicyclic) bond motifs is 1. The topological polar surface area (TPSA) is 9.23 Å². The van der Waals surface area contributed by atoms with E-state index in [4.69, 9.17) is 0 Å². The zero-order valence-electron chi connectivity index (χ0n) is 15.5. The fraction of sp³-hybridized carbons (Fsp3) is 0.273. The molecule has 0 heterocycles. The maximum Gasteiger partial charge on any atom is 0.432 e. The molecule has 0 radical (unpaired) electrons. The second kappa shape index (κ2) is 8.35. The van der Waals surface area contributed by atoms with E-state index in [9.17, 15) is 26.3 Å². The molecular formula is C22H18F6O. The molecule has 0 unspecified atom stereocenters. The van der Waals surface area contributed by atoms with Gasteiger partial charge in [0.25, 0.3) is 0 Å². The van der Waals surface area contributed by atoms with Crippen molar-refractivity contribution in [1.29, 1.82) is 0 Å². The molecule has 0 amide bonds. The van der Waals surface area contributed by atoms with Crippen molar-refractivity contribution >= 4 is 10.8 Å². The smallest absolute Gasteiger partial charge is 0.429 e. The van der Waals surface area contributed by atoms with Crippen LogP contribution in [0.4, 0.5) is 26.3 Å². The number of hydrogen-bond donors (Lipinski definition) is 0. The van der Waals surface area contributed by atoms with Crippen molar-refractivity contribution in [1.82, 2.24) is 0 Å². The van der Waals surface area contributed by atoms with Crippen molar-refractivity contribution in [2.24, 2.45) is 0 Å². The summed E-state index contributed by atoms with van der Waals surface area (Å²) in [5, 5.41) is 0.359. The Bertz CT molecular complexity index is 1010. The number of unbranched alkanes of at least 4 members (excludes halogenated alkanes) is 2. The summed E-state index contributed by atoms with van der Waals surface area (Å²) in [6, 6.07) is 6.86. The summed E-state index contributed by atoms with van der Waals surface area (Å²) in [5.74, 6) is -5.50. The highest BCUT2D eigenvalue weighted by Gasteiger charge is 2.41. The van der Waals surface area contributed by atoms with Crippen LogP contribution in [-0.2, 0) is 12.5 Å². The van der Waals surface area contributed by atoms with Gasteiger partial charge < -0.3 is 4.74 Å². The first-order valence-electron chi connectivity index (χ1n) is 9.15. The Balaban J connectivity index is 1.89. The van der Waals surface area contributed by atoms with E-state index in [-0.39, 0.29) is 16.3 Å². The van der Waals surface area contributed by atoms with E-state index in [2.05, 4.69) is 4.74 Å². The number of rotatable bonds is 7. The molecule has 0 bridgehead atoms. The summed E-state index contributed by atoms with van der Waals surface area (Å²) in [6.45, 7) is 1.97. The van der Waals surface area contributed by atoms with Crippen LogP contribution in [0.2, 0.25) is 0 Å². The third-order valence-corrected chi connectivity index (χ3v) is 4.56. The highest BCUT2D eigenvalue weighted by Crippen LogP contribution is 2.36. The highest BCUT2D eigenvalue weighted by atomic mass is 19.3. The fourth-order valence-electron chi connectivity index (χ4n) is 3.11. The van der Waals surface area contributed by atoms with Crippen molar-refractivity contribution in [3.63, 3.8) is 0 Å². The molecule has 0 atom stereocenters. The lowest BCUT2D eigenvalue weighted by atomic mass is 10.0. The molecule has 0 aliphatic carbocycles. The van der Waals surface area contributed by atoms with E-state index < -0.39 is 40.7 Å². The summed E-state index contributed by atoms with van der Waals surface area (Å²) in [4.78, 5) is 0. The maximum absolute atomic E-state index is 14.5. The predicted octanol–water partition coefficient (Wildman–Crippen LogP) is 7.26. The molecule has 154 valence electrons. The van der Waals surface area contributed by atoms with Crippen molar-refractivity contribution in [2.75, 3.05) is 0 Å². The Hall–Kier alpha value is -2.70. The van der Waals surface area contributed by atoms with Crippen molar-refractivity contribution < 1.29 is 31.1 Å².